The van der Waals surface area contributed by atoms with Gasteiger partial charge in [-0.3, -0.25) is 0 Å². The first-order chi connectivity index (χ1) is 8.80. The van der Waals surface area contributed by atoms with Crippen LogP contribution in [0.5, 0.6) is 11.5 Å². The predicted molar refractivity (Wildman–Crippen MR) is 63.3 cm³/mol. The fourth-order valence-electron chi connectivity index (χ4n) is 2.04. The number of benzene rings is 1. The van der Waals surface area contributed by atoms with Crippen LogP contribution in [0.3, 0.4) is 0 Å². The van der Waals surface area contributed by atoms with E-state index in [1.165, 1.54) is 0 Å². The van der Waals surface area contributed by atoms with E-state index in [0.29, 0.717) is 12.2 Å². The van der Waals surface area contributed by atoms with E-state index < -0.39 is 6.29 Å². The molecule has 96 valence electrons. The second-order valence-electron chi connectivity index (χ2n) is 3.92. The number of nitrogens with zero attached hydrogens (tertiary/aromatic N) is 1. The Morgan fingerprint density at radius 2 is 2.00 bits per heavy atom. The topological polar surface area (TPSA) is 60.7 Å². The zero-order valence-electron chi connectivity index (χ0n) is 10.4. The Kier molecular flexibility index (Phi) is 4.03. The molecule has 0 bridgehead atoms. The SMILES string of the molecule is COC(OC)C(CC#N)c1ccc2c(c1)OCO2. The van der Waals surface area contributed by atoms with Crippen molar-refractivity contribution in [3.05, 3.63) is 23.8 Å². The number of fused-ring (bicyclic) bond motifs is 1. The molecule has 1 aliphatic heterocycles. The van der Waals surface area contributed by atoms with Crippen LogP contribution in [0.1, 0.15) is 17.9 Å². The molecule has 1 atom stereocenters. The maximum atomic E-state index is 8.91. The van der Waals surface area contributed by atoms with Gasteiger partial charge in [-0.25, -0.2) is 0 Å². The summed E-state index contributed by atoms with van der Waals surface area (Å²) in [6.07, 6.45) is -0.142. The summed E-state index contributed by atoms with van der Waals surface area (Å²) in [6, 6.07) is 7.76. The number of hydrogen-bond donors (Lipinski definition) is 0. The Balaban J connectivity index is 2.28. The standard InChI is InChI=1S/C13H15NO4/c1-15-13(16-2)10(5-6-14)9-3-4-11-12(7-9)18-8-17-11/h3-4,7,10,13H,5,8H2,1-2H3. The fourth-order valence-corrected chi connectivity index (χ4v) is 2.04. The van der Waals surface area contributed by atoms with Crippen LogP contribution in [0.4, 0.5) is 0 Å². The van der Waals surface area contributed by atoms with E-state index in [1.54, 1.807) is 14.2 Å². The summed E-state index contributed by atoms with van der Waals surface area (Å²) in [5, 5.41) is 8.91. The molecule has 1 unspecified atom stereocenters. The van der Waals surface area contributed by atoms with Gasteiger partial charge in [0.25, 0.3) is 0 Å². The summed E-state index contributed by atoms with van der Waals surface area (Å²) in [5.74, 6) is 1.27. The Labute approximate surface area is 106 Å². The van der Waals surface area contributed by atoms with Gasteiger partial charge in [0.15, 0.2) is 17.8 Å². The lowest BCUT2D eigenvalue weighted by molar-refractivity contribution is -0.117. The summed E-state index contributed by atoms with van der Waals surface area (Å²) in [5.41, 5.74) is 0.939. The molecule has 1 aromatic carbocycles. The number of methoxy groups -OCH3 is 2. The average molecular weight is 249 g/mol. The normalized spacial score (nSPS) is 14.6. The van der Waals surface area contributed by atoms with Crippen molar-refractivity contribution in [2.24, 2.45) is 0 Å². The van der Waals surface area contributed by atoms with Gasteiger partial charge in [0, 0.05) is 26.6 Å². The van der Waals surface area contributed by atoms with Gasteiger partial charge in [0.05, 0.1) is 6.07 Å². The third kappa shape index (κ3) is 2.40. The summed E-state index contributed by atoms with van der Waals surface area (Å²) in [7, 11) is 3.12. The highest BCUT2D eigenvalue weighted by Crippen LogP contribution is 2.36. The molecule has 0 saturated heterocycles. The Bertz CT molecular complexity index is 451. The van der Waals surface area contributed by atoms with Crippen molar-refractivity contribution in [2.45, 2.75) is 18.6 Å². The summed E-state index contributed by atoms with van der Waals surface area (Å²) < 4.78 is 21.1. The van der Waals surface area contributed by atoms with Crippen molar-refractivity contribution in [3.8, 4) is 17.6 Å². The molecule has 5 nitrogen and oxygen atoms in total. The zero-order valence-corrected chi connectivity index (χ0v) is 10.4. The third-order valence-electron chi connectivity index (χ3n) is 2.93. The minimum absolute atomic E-state index is 0.153. The van der Waals surface area contributed by atoms with Crippen LogP contribution in [0.15, 0.2) is 18.2 Å². The Hall–Kier alpha value is -1.77. The fraction of sp³-hybridized carbons (Fsp3) is 0.462. The second-order valence-corrected chi connectivity index (χ2v) is 3.92. The van der Waals surface area contributed by atoms with E-state index in [0.717, 1.165) is 11.3 Å². The van der Waals surface area contributed by atoms with Gasteiger partial charge in [-0.15, -0.1) is 0 Å². The van der Waals surface area contributed by atoms with Crippen LogP contribution in [0, 0.1) is 11.3 Å². The van der Waals surface area contributed by atoms with Crippen LogP contribution in [-0.2, 0) is 9.47 Å². The van der Waals surface area contributed by atoms with Crippen molar-refractivity contribution in [1.82, 2.24) is 0 Å². The van der Waals surface area contributed by atoms with Crippen LogP contribution in [-0.4, -0.2) is 27.3 Å². The molecule has 18 heavy (non-hydrogen) atoms. The quantitative estimate of drug-likeness (QED) is 0.747. The van der Waals surface area contributed by atoms with Crippen molar-refractivity contribution < 1.29 is 18.9 Å². The molecule has 0 aliphatic carbocycles. The molecule has 0 N–H and O–H groups in total. The van der Waals surface area contributed by atoms with Crippen molar-refractivity contribution in [2.75, 3.05) is 21.0 Å². The minimum Gasteiger partial charge on any atom is -0.454 e. The summed E-state index contributed by atoms with van der Waals surface area (Å²) in [6.45, 7) is 0.236. The lowest BCUT2D eigenvalue weighted by Gasteiger charge is -2.23. The Morgan fingerprint density at radius 3 is 2.67 bits per heavy atom. The molecule has 0 saturated carbocycles. The van der Waals surface area contributed by atoms with Crippen molar-refractivity contribution in [3.63, 3.8) is 0 Å². The molecule has 0 radical (unpaired) electrons. The highest BCUT2D eigenvalue weighted by molar-refractivity contribution is 5.45. The molecule has 0 spiro atoms. The number of ether oxygens (including phenoxy) is 4. The van der Waals surface area contributed by atoms with Gasteiger partial charge >= 0.3 is 0 Å². The van der Waals surface area contributed by atoms with Crippen LogP contribution < -0.4 is 9.47 Å². The first-order valence-corrected chi connectivity index (χ1v) is 5.62. The first kappa shape index (κ1) is 12.7. The molecule has 1 aliphatic rings. The van der Waals surface area contributed by atoms with E-state index in [4.69, 9.17) is 24.2 Å². The zero-order chi connectivity index (χ0) is 13.0. The number of hydrogen-bond acceptors (Lipinski definition) is 5. The van der Waals surface area contributed by atoms with Gasteiger partial charge in [-0.2, -0.15) is 5.26 Å². The van der Waals surface area contributed by atoms with Gasteiger partial charge in [-0.1, -0.05) is 6.07 Å². The number of rotatable bonds is 5. The first-order valence-electron chi connectivity index (χ1n) is 5.62. The molecule has 0 aromatic heterocycles. The largest absolute Gasteiger partial charge is 0.454 e. The maximum Gasteiger partial charge on any atom is 0.231 e. The second kappa shape index (κ2) is 5.71. The van der Waals surface area contributed by atoms with E-state index in [2.05, 4.69) is 6.07 Å². The number of nitriles is 1. The van der Waals surface area contributed by atoms with Crippen molar-refractivity contribution >= 4 is 0 Å². The van der Waals surface area contributed by atoms with E-state index in [-0.39, 0.29) is 12.7 Å². The smallest absolute Gasteiger partial charge is 0.231 e. The molecule has 0 fully saturated rings. The molecular formula is C13H15NO4. The lowest BCUT2D eigenvalue weighted by atomic mass is 9.95. The summed E-state index contributed by atoms with van der Waals surface area (Å²) >= 11 is 0. The average Bonchev–Trinajstić information content (AvgIpc) is 2.86. The minimum atomic E-state index is -0.454. The molecule has 1 aromatic rings. The maximum absolute atomic E-state index is 8.91. The van der Waals surface area contributed by atoms with E-state index >= 15 is 0 Å². The van der Waals surface area contributed by atoms with E-state index in [9.17, 15) is 0 Å². The van der Waals surface area contributed by atoms with Gasteiger partial charge < -0.3 is 18.9 Å². The van der Waals surface area contributed by atoms with Crippen molar-refractivity contribution in [1.29, 1.82) is 5.26 Å². The van der Waals surface area contributed by atoms with Gasteiger partial charge in [0.2, 0.25) is 6.79 Å². The van der Waals surface area contributed by atoms with E-state index in [1.807, 2.05) is 18.2 Å². The highest BCUT2D eigenvalue weighted by Gasteiger charge is 2.25. The van der Waals surface area contributed by atoms with Gasteiger partial charge in [-0.05, 0) is 17.7 Å². The highest BCUT2D eigenvalue weighted by atomic mass is 16.7. The van der Waals surface area contributed by atoms with Crippen LogP contribution >= 0.6 is 0 Å². The Morgan fingerprint density at radius 1 is 1.28 bits per heavy atom. The van der Waals surface area contributed by atoms with Crippen LogP contribution in [0.2, 0.25) is 0 Å². The molecule has 2 rings (SSSR count). The third-order valence-corrected chi connectivity index (χ3v) is 2.93. The molecule has 5 heteroatoms. The molecule has 0 amide bonds. The van der Waals surface area contributed by atoms with Gasteiger partial charge in [0.1, 0.15) is 0 Å². The summed E-state index contributed by atoms with van der Waals surface area (Å²) in [4.78, 5) is 0. The predicted octanol–water partition coefficient (Wildman–Crippen LogP) is 2.03. The monoisotopic (exact) mass is 249 g/mol. The molecule has 1 heterocycles. The molecular weight excluding hydrogens is 234 g/mol. The lowest BCUT2D eigenvalue weighted by Crippen LogP contribution is -2.22. The van der Waals surface area contributed by atoms with Crippen LogP contribution in [0.25, 0.3) is 0 Å².